The van der Waals surface area contributed by atoms with Crippen molar-refractivity contribution >= 4 is 15.9 Å². The highest BCUT2D eigenvalue weighted by Crippen LogP contribution is 2.16. The molecule has 2 nitrogen and oxygen atoms in total. The van der Waals surface area contributed by atoms with Gasteiger partial charge in [0.1, 0.15) is 0 Å². The topological polar surface area (TPSA) is 52.0 Å². The molecule has 0 aliphatic heterocycles. The maximum atomic E-state index is 5.86. The van der Waals surface area contributed by atoms with Crippen molar-refractivity contribution < 1.29 is 0 Å². The second-order valence-corrected chi connectivity index (χ2v) is 3.65. The first-order valence-electron chi connectivity index (χ1n) is 3.95. The van der Waals surface area contributed by atoms with Gasteiger partial charge in [-0.2, -0.15) is 0 Å². The Kier molecular flexibility index (Phi) is 3.72. The summed E-state index contributed by atoms with van der Waals surface area (Å²) in [6.45, 7) is 0.636. The second kappa shape index (κ2) is 4.60. The monoisotopic (exact) mass is 228 g/mol. The van der Waals surface area contributed by atoms with Crippen molar-refractivity contribution in [2.24, 2.45) is 11.5 Å². The van der Waals surface area contributed by atoms with Crippen LogP contribution in [0.4, 0.5) is 0 Å². The minimum atomic E-state index is 0.0723. The highest BCUT2D eigenvalue weighted by Gasteiger charge is 2.03. The third-order valence-electron chi connectivity index (χ3n) is 1.78. The van der Waals surface area contributed by atoms with E-state index >= 15 is 0 Å². The lowest BCUT2D eigenvalue weighted by atomic mass is 10.1. The van der Waals surface area contributed by atoms with E-state index in [1.54, 1.807) is 0 Å². The summed E-state index contributed by atoms with van der Waals surface area (Å²) < 4.78 is 1.08. The predicted molar refractivity (Wildman–Crippen MR) is 54.7 cm³/mol. The van der Waals surface area contributed by atoms with E-state index in [0.717, 1.165) is 16.5 Å². The van der Waals surface area contributed by atoms with E-state index in [4.69, 9.17) is 11.5 Å². The van der Waals surface area contributed by atoms with Gasteiger partial charge in [-0.3, -0.25) is 0 Å². The molecular formula is C9H13BrN2. The van der Waals surface area contributed by atoms with E-state index in [0.29, 0.717) is 6.54 Å². The minimum absolute atomic E-state index is 0.0723. The summed E-state index contributed by atoms with van der Waals surface area (Å²) in [6, 6.07) is 8.09. The van der Waals surface area contributed by atoms with Gasteiger partial charge in [0.05, 0.1) is 0 Å². The van der Waals surface area contributed by atoms with Crippen LogP contribution in [0.3, 0.4) is 0 Å². The summed E-state index contributed by atoms with van der Waals surface area (Å²) in [5.41, 5.74) is 12.4. The van der Waals surface area contributed by atoms with E-state index in [2.05, 4.69) is 15.9 Å². The normalized spacial score (nSPS) is 12.9. The Hall–Kier alpha value is -0.380. The molecule has 1 atom stereocenters. The van der Waals surface area contributed by atoms with Gasteiger partial charge in [-0.15, -0.1) is 0 Å². The van der Waals surface area contributed by atoms with Crippen molar-refractivity contribution in [3.05, 3.63) is 34.3 Å². The molecule has 12 heavy (non-hydrogen) atoms. The maximum Gasteiger partial charge on any atom is 0.0306 e. The van der Waals surface area contributed by atoms with Gasteiger partial charge in [0.15, 0.2) is 0 Å². The Bertz CT molecular complexity index is 233. The first-order chi connectivity index (χ1) is 5.74. The fourth-order valence-electron chi connectivity index (χ4n) is 1.06. The van der Waals surface area contributed by atoms with Crippen molar-refractivity contribution in [1.29, 1.82) is 0 Å². The van der Waals surface area contributed by atoms with Crippen LogP contribution in [-0.2, 0) is 0 Å². The van der Waals surface area contributed by atoms with Crippen molar-refractivity contribution in [3.8, 4) is 0 Å². The van der Waals surface area contributed by atoms with Crippen LogP contribution < -0.4 is 11.5 Å². The summed E-state index contributed by atoms with van der Waals surface area (Å²) in [6.07, 6.45) is 0.835. The average molecular weight is 229 g/mol. The molecule has 0 aromatic heterocycles. The minimum Gasteiger partial charge on any atom is -0.330 e. The molecule has 0 bridgehead atoms. The zero-order valence-corrected chi connectivity index (χ0v) is 8.42. The molecule has 0 aliphatic rings. The van der Waals surface area contributed by atoms with Crippen LogP contribution in [-0.4, -0.2) is 6.54 Å². The Labute approximate surface area is 81.1 Å². The van der Waals surface area contributed by atoms with Gasteiger partial charge in [0.2, 0.25) is 0 Å². The lowest BCUT2D eigenvalue weighted by molar-refractivity contribution is 0.661. The van der Waals surface area contributed by atoms with Crippen LogP contribution in [0.25, 0.3) is 0 Å². The van der Waals surface area contributed by atoms with Crippen molar-refractivity contribution in [2.75, 3.05) is 6.54 Å². The van der Waals surface area contributed by atoms with Gasteiger partial charge in [-0.1, -0.05) is 28.1 Å². The third-order valence-corrected chi connectivity index (χ3v) is 2.30. The van der Waals surface area contributed by atoms with Crippen molar-refractivity contribution in [3.63, 3.8) is 0 Å². The fourth-order valence-corrected chi connectivity index (χ4v) is 1.32. The lowest BCUT2D eigenvalue weighted by Crippen LogP contribution is -2.14. The van der Waals surface area contributed by atoms with Gasteiger partial charge >= 0.3 is 0 Å². The molecule has 1 aromatic rings. The van der Waals surface area contributed by atoms with Crippen molar-refractivity contribution in [1.82, 2.24) is 0 Å². The molecule has 1 aromatic carbocycles. The van der Waals surface area contributed by atoms with Gasteiger partial charge in [0, 0.05) is 10.5 Å². The molecule has 0 fully saturated rings. The van der Waals surface area contributed by atoms with Crippen molar-refractivity contribution in [2.45, 2.75) is 12.5 Å². The molecule has 3 heteroatoms. The maximum absolute atomic E-state index is 5.86. The standard InChI is InChI=1S/C9H13BrN2/c10-8-3-1-7(2-4-8)9(12)5-6-11/h1-4,9H,5-6,11-12H2/t9-/m0/s1. The fraction of sp³-hybridized carbons (Fsp3) is 0.333. The lowest BCUT2D eigenvalue weighted by Gasteiger charge is -2.09. The molecule has 0 saturated carbocycles. The molecule has 0 unspecified atom stereocenters. The average Bonchev–Trinajstić information content (AvgIpc) is 2.06. The molecule has 0 amide bonds. The van der Waals surface area contributed by atoms with Crippen LogP contribution in [0, 0.1) is 0 Å². The first kappa shape index (κ1) is 9.71. The summed E-state index contributed by atoms with van der Waals surface area (Å²) in [4.78, 5) is 0. The van der Waals surface area contributed by atoms with E-state index in [-0.39, 0.29) is 6.04 Å². The molecule has 0 aliphatic carbocycles. The Morgan fingerprint density at radius 1 is 1.25 bits per heavy atom. The van der Waals surface area contributed by atoms with E-state index < -0.39 is 0 Å². The van der Waals surface area contributed by atoms with Crippen LogP contribution in [0.5, 0.6) is 0 Å². The van der Waals surface area contributed by atoms with Gasteiger partial charge in [-0.25, -0.2) is 0 Å². The molecule has 66 valence electrons. The number of benzene rings is 1. The smallest absolute Gasteiger partial charge is 0.0306 e. The predicted octanol–water partition coefficient (Wildman–Crippen LogP) is 1.80. The molecule has 1 rings (SSSR count). The zero-order chi connectivity index (χ0) is 8.97. The quantitative estimate of drug-likeness (QED) is 0.830. The largest absolute Gasteiger partial charge is 0.330 e. The molecular weight excluding hydrogens is 216 g/mol. The van der Waals surface area contributed by atoms with Gasteiger partial charge < -0.3 is 11.5 Å². The third kappa shape index (κ3) is 2.59. The first-order valence-corrected chi connectivity index (χ1v) is 4.74. The molecule has 0 radical (unpaired) electrons. The number of halogens is 1. The van der Waals surface area contributed by atoms with E-state index in [9.17, 15) is 0 Å². The molecule has 4 N–H and O–H groups in total. The van der Waals surface area contributed by atoms with Crippen LogP contribution >= 0.6 is 15.9 Å². The Balaban J connectivity index is 2.68. The molecule has 0 saturated heterocycles. The Morgan fingerprint density at radius 2 is 1.83 bits per heavy atom. The highest BCUT2D eigenvalue weighted by atomic mass is 79.9. The summed E-state index contributed by atoms with van der Waals surface area (Å²) >= 11 is 3.37. The van der Waals surface area contributed by atoms with Crippen LogP contribution in [0.2, 0.25) is 0 Å². The molecule has 0 heterocycles. The number of nitrogens with two attached hydrogens (primary N) is 2. The summed E-state index contributed by atoms with van der Waals surface area (Å²) in [5, 5.41) is 0. The van der Waals surface area contributed by atoms with Gasteiger partial charge in [0.25, 0.3) is 0 Å². The van der Waals surface area contributed by atoms with Gasteiger partial charge in [-0.05, 0) is 30.7 Å². The number of hydrogen-bond donors (Lipinski definition) is 2. The zero-order valence-electron chi connectivity index (χ0n) is 6.83. The van der Waals surface area contributed by atoms with E-state index in [1.165, 1.54) is 0 Å². The Morgan fingerprint density at radius 3 is 2.33 bits per heavy atom. The molecule has 0 spiro atoms. The summed E-state index contributed by atoms with van der Waals surface area (Å²) in [7, 11) is 0. The number of rotatable bonds is 3. The highest BCUT2D eigenvalue weighted by molar-refractivity contribution is 9.10. The summed E-state index contributed by atoms with van der Waals surface area (Å²) in [5.74, 6) is 0. The SMILES string of the molecule is NCC[C@H](N)c1ccc(Br)cc1. The second-order valence-electron chi connectivity index (χ2n) is 2.74. The van der Waals surface area contributed by atoms with E-state index in [1.807, 2.05) is 24.3 Å². The van der Waals surface area contributed by atoms with Crippen LogP contribution in [0.15, 0.2) is 28.7 Å². The van der Waals surface area contributed by atoms with Crippen LogP contribution in [0.1, 0.15) is 18.0 Å². The number of hydrogen-bond acceptors (Lipinski definition) is 2.